The van der Waals surface area contributed by atoms with Gasteiger partial charge < -0.3 is 34.7 Å². The number of hydrogen-bond acceptors (Lipinski definition) is 8. The first kappa shape index (κ1) is 29.7. The number of β-lactam (4-membered cyclic amide) rings is 1. The van der Waals surface area contributed by atoms with Crippen LogP contribution < -0.4 is 24.8 Å². The van der Waals surface area contributed by atoms with Crippen molar-refractivity contribution < 1.29 is 33.1 Å². The van der Waals surface area contributed by atoms with Crippen molar-refractivity contribution in [2.45, 2.75) is 38.5 Å². The molecule has 2 N–H and O–H groups in total. The van der Waals surface area contributed by atoms with Crippen LogP contribution in [0.25, 0.3) is 0 Å². The molecule has 0 aliphatic carbocycles. The summed E-state index contributed by atoms with van der Waals surface area (Å²) in [5, 5.41) is 22.7. The molecular weight excluding hydrogens is 578 g/mol. The van der Waals surface area contributed by atoms with Crippen LogP contribution in [0.2, 0.25) is 0 Å². The molecule has 2 aliphatic rings. The average Bonchev–Trinajstić information content (AvgIpc) is 3.76. The van der Waals surface area contributed by atoms with E-state index in [-0.39, 0.29) is 66.5 Å². The number of pyridine rings is 1. The third-order valence-corrected chi connectivity index (χ3v) is 8.15. The van der Waals surface area contributed by atoms with E-state index >= 15 is 0 Å². The molecule has 4 aromatic rings. The van der Waals surface area contributed by atoms with Gasteiger partial charge in [0.15, 0.2) is 5.75 Å². The van der Waals surface area contributed by atoms with E-state index < -0.39 is 11.8 Å². The molecule has 2 aromatic carbocycles. The Kier molecular flexibility index (Phi) is 8.63. The highest BCUT2D eigenvalue weighted by Gasteiger charge is 2.36. The Morgan fingerprint density at radius 3 is 2.36 bits per heavy atom. The molecule has 45 heavy (non-hydrogen) atoms. The fraction of sp³-hybridized carbons (Fsp3) is 0.303. The maximum Gasteiger partial charge on any atom is 0.320 e. The number of carbonyl (C=O) groups is 3. The SMILES string of the molecule is C[C@@H]1C(=O)N[C@H]1CNC(=O)c1cc([C@@H]2CCN(C(=O)c3cc(OCc4ccccc4)c(OCc4ccccc4)c[n+]3[O-])C2)no1. The van der Waals surface area contributed by atoms with Gasteiger partial charge in [0.1, 0.15) is 13.2 Å². The number of carbonyl (C=O) groups excluding carboxylic acids is 3. The quantitative estimate of drug-likeness (QED) is 0.149. The van der Waals surface area contributed by atoms with Gasteiger partial charge in [-0.3, -0.25) is 14.4 Å². The van der Waals surface area contributed by atoms with Gasteiger partial charge >= 0.3 is 5.91 Å². The molecule has 2 aliphatic heterocycles. The molecule has 12 heteroatoms. The molecule has 0 bridgehead atoms. The van der Waals surface area contributed by atoms with E-state index in [0.717, 1.165) is 11.1 Å². The van der Waals surface area contributed by atoms with Gasteiger partial charge in [-0.1, -0.05) is 72.7 Å². The molecule has 0 saturated carbocycles. The Morgan fingerprint density at radius 1 is 1.04 bits per heavy atom. The number of nitrogens with one attached hydrogen (secondary N) is 2. The molecule has 2 saturated heterocycles. The molecule has 0 unspecified atom stereocenters. The first-order valence-corrected chi connectivity index (χ1v) is 14.8. The molecule has 232 valence electrons. The predicted octanol–water partition coefficient (Wildman–Crippen LogP) is 2.96. The van der Waals surface area contributed by atoms with Crippen molar-refractivity contribution in [3.8, 4) is 11.5 Å². The zero-order chi connectivity index (χ0) is 31.3. The van der Waals surface area contributed by atoms with Crippen LogP contribution >= 0.6 is 0 Å². The van der Waals surface area contributed by atoms with E-state index in [2.05, 4.69) is 15.8 Å². The standard InChI is InChI=1S/C33H33N5O7/c1-21-26(35-31(21)39)16-34-32(40)29-14-25(36-45-29)24-12-13-37(17-24)33(41)27-15-28(43-19-22-8-4-2-5-9-22)30(18-38(27)42)44-20-23-10-6-3-7-11-23/h2-11,14-15,18,21,24,26H,12-13,16-17,19-20H2,1H3,(H,34,40)(H,35,39)/t21-,24+,26-/m0/s1. The van der Waals surface area contributed by atoms with Gasteiger partial charge in [-0.25, -0.2) is 0 Å². The van der Waals surface area contributed by atoms with Gasteiger partial charge in [0.2, 0.25) is 23.6 Å². The summed E-state index contributed by atoms with van der Waals surface area (Å²) >= 11 is 0. The lowest BCUT2D eigenvalue weighted by atomic mass is 9.93. The number of benzene rings is 2. The zero-order valence-electron chi connectivity index (χ0n) is 24.7. The summed E-state index contributed by atoms with van der Waals surface area (Å²) in [6.45, 7) is 3.22. The minimum Gasteiger partial charge on any atom is -0.618 e. The number of amides is 3. The summed E-state index contributed by atoms with van der Waals surface area (Å²) in [5.41, 5.74) is 2.29. The number of ether oxygens (including phenoxy) is 2. The summed E-state index contributed by atoms with van der Waals surface area (Å²) in [6.07, 6.45) is 1.81. The highest BCUT2D eigenvalue weighted by atomic mass is 16.5. The van der Waals surface area contributed by atoms with Crippen molar-refractivity contribution in [3.63, 3.8) is 0 Å². The monoisotopic (exact) mass is 611 g/mol. The van der Waals surface area contributed by atoms with Crippen LogP contribution in [-0.2, 0) is 18.0 Å². The number of hydrogen-bond donors (Lipinski definition) is 2. The van der Waals surface area contributed by atoms with E-state index in [1.165, 1.54) is 12.3 Å². The Bertz CT molecular complexity index is 1680. The second kappa shape index (κ2) is 13.1. The van der Waals surface area contributed by atoms with Crippen LogP contribution in [0.5, 0.6) is 11.5 Å². The topological polar surface area (TPSA) is 150 Å². The van der Waals surface area contributed by atoms with Gasteiger partial charge in [-0.2, -0.15) is 4.73 Å². The highest BCUT2D eigenvalue weighted by molar-refractivity contribution is 5.92. The van der Waals surface area contributed by atoms with E-state index in [1.54, 1.807) is 17.9 Å². The second-order valence-electron chi connectivity index (χ2n) is 11.2. The second-order valence-corrected chi connectivity index (χ2v) is 11.2. The molecule has 6 rings (SSSR count). The zero-order valence-corrected chi connectivity index (χ0v) is 24.7. The fourth-order valence-electron chi connectivity index (χ4n) is 5.33. The summed E-state index contributed by atoms with van der Waals surface area (Å²) in [7, 11) is 0. The Hall–Kier alpha value is -5.39. The van der Waals surface area contributed by atoms with Crippen LogP contribution in [-0.4, -0.2) is 53.5 Å². The molecule has 4 heterocycles. The minimum atomic E-state index is -0.454. The molecule has 2 aromatic heterocycles. The molecule has 12 nitrogen and oxygen atoms in total. The summed E-state index contributed by atoms with van der Waals surface area (Å²) in [4.78, 5) is 39.1. The third kappa shape index (κ3) is 6.74. The lowest BCUT2D eigenvalue weighted by Crippen LogP contribution is -2.61. The summed E-state index contributed by atoms with van der Waals surface area (Å²) < 4.78 is 17.8. The van der Waals surface area contributed by atoms with Crippen LogP contribution in [0.4, 0.5) is 0 Å². The van der Waals surface area contributed by atoms with Gasteiger partial charge in [0, 0.05) is 31.6 Å². The average molecular weight is 612 g/mol. The Labute approximate surface area is 259 Å². The maximum atomic E-state index is 13.6. The van der Waals surface area contributed by atoms with Crippen molar-refractivity contribution in [1.82, 2.24) is 20.7 Å². The number of rotatable bonds is 11. The Balaban J connectivity index is 1.12. The van der Waals surface area contributed by atoms with E-state index in [4.69, 9.17) is 14.0 Å². The number of nitrogens with zero attached hydrogens (tertiary/aromatic N) is 3. The number of likely N-dealkylation sites (tertiary alicyclic amines) is 1. The lowest BCUT2D eigenvalue weighted by Gasteiger charge is -2.34. The van der Waals surface area contributed by atoms with Crippen LogP contribution in [0.1, 0.15) is 57.1 Å². The predicted molar refractivity (Wildman–Crippen MR) is 160 cm³/mol. The maximum absolute atomic E-state index is 13.6. The summed E-state index contributed by atoms with van der Waals surface area (Å²) in [6, 6.07) is 22.0. The molecule has 2 fully saturated rings. The molecule has 3 atom stereocenters. The molecule has 3 amide bonds. The van der Waals surface area contributed by atoms with E-state index in [1.807, 2.05) is 60.7 Å². The normalized spacial score (nSPS) is 19.0. The van der Waals surface area contributed by atoms with Crippen molar-refractivity contribution in [3.05, 3.63) is 112 Å². The first-order chi connectivity index (χ1) is 21.9. The van der Waals surface area contributed by atoms with Crippen LogP contribution in [0.15, 0.2) is 83.5 Å². The van der Waals surface area contributed by atoms with E-state index in [9.17, 15) is 19.6 Å². The van der Waals surface area contributed by atoms with Gasteiger partial charge in [-0.05, 0) is 17.5 Å². The van der Waals surface area contributed by atoms with Gasteiger partial charge in [0.05, 0.1) is 23.7 Å². The number of aromatic nitrogens is 2. The largest absolute Gasteiger partial charge is 0.618 e. The van der Waals surface area contributed by atoms with Crippen molar-refractivity contribution in [1.29, 1.82) is 0 Å². The van der Waals surface area contributed by atoms with Crippen LogP contribution in [0.3, 0.4) is 0 Å². The lowest BCUT2D eigenvalue weighted by molar-refractivity contribution is -0.608. The van der Waals surface area contributed by atoms with Crippen molar-refractivity contribution in [2.75, 3.05) is 19.6 Å². The van der Waals surface area contributed by atoms with Crippen molar-refractivity contribution in [2.24, 2.45) is 5.92 Å². The highest BCUT2D eigenvalue weighted by Crippen LogP contribution is 2.31. The summed E-state index contributed by atoms with van der Waals surface area (Å²) in [5.74, 6) is -0.698. The van der Waals surface area contributed by atoms with Crippen molar-refractivity contribution >= 4 is 17.7 Å². The van der Waals surface area contributed by atoms with Crippen LogP contribution in [0, 0.1) is 11.1 Å². The van der Waals surface area contributed by atoms with Gasteiger partial charge in [0.25, 0.3) is 11.6 Å². The Morgan fingerprint density at radius 2 is 1.71 bits per heavy atom. The first-order valence-electron chi connectivity index (χ1n) is 14.8. The van der Waals surface area contributed by atoms with Gasteiger partial charge in [-0.15, -0.1) is 0 Å². The molecular formula is C33H33N5O7. The molecule has 0 spiro atoms. The van der Waals surface area contributed by atoms with E-state index in [0.29, 0.717) is 29.9 Å². The smallest absolute Gasteiger partial charge is 0.320 e. The minimum absolute atomic E-state index is 0.0395. The molecule has 0 radical (unpaired) electrons. The fourth-order valence-corrected chi connectivity index (χ4v) is 5.33. The third-order valence-electron chi connectivity index (χ3n) is 8.15.